The number of nitrogens with one attached hydrogen (secondary N) is 1. The number of carbonyl (C=O) groups excluding carboxylic acids is 1. The summed E-state index contributed by atoms with van der Waals surface area (Å²) >= 11 is 0. The van der Waals surface area contributed by atoms with E-state index in [4.69, 9.17) is 4.74 Å². The van der Waals surface area contributed by atoms with Crippen molar-refractivity contribution in [1.29, 1.82) is 0 Å². The van der Waals surface area contributed by atoms with Crippen molar-refractivity contribution in [1.82, 2.24) is 5.32 Å². The van der Waals surface area contributed by atoms with Gasteiger partial charge in [-0.1, -0.05) is 167 Å². The van der Waals surface area contributed by atoms with E-state index in [2.05, 4.69) is 50.4 Å². The average molecular weight is 688 g/mol. The number of aliphatic hydroxyl groups is 2. The molecule has 0 fully saturated rings. The minimum Gasteiger partial charge on any atom is -0.465 e. The summed E-state index contributed by atoms with van der Waals surface area (Å²) < 4.78 is 5.79. The maximum Gasteiger partial charge on any atom is 0.305 e. The monoisotopic (exact) mass is 688 g/mol. The molecule has 286 valence electrons. The summed E-state index contributed by atoms with van der Waals surface area (Å²) in [6, 6.07) is 8.91. The lowest BCUT2D eigenvalue weighted by molar-refractivity contribution is -0.145. The van der Waals surface area contributed by atoms with Gasteiger partial charge in [0, 0.05) is 6.42 Å². The van der Waals surface area contributed by atoms with Gasteiger partial charge in [0.2, 0.25) is 0 Å². The first-order valence-electron chi connectivity index (χ1n) is 21.2. The van der Waals surface area contributed by atoms with Crippen LogP contribution >= 0.6 is 0 Å². The molecule has 1 aromatic carbocycles. The van der Waals surface area contributed by atoms with E-state index in [0.29, 0.717) is 25.4 Å². The molecule has 0 unspecified atom stereocenters. The van der Waals surface area contributed by atoms with Crippen molar-refractivity contribution < 1.29 is 19.7 Å². The maximum absolute atomic E-state index is 12.5. The van der Waals surface area contributed by atoms with Gasteiger partial charge in [0.1, 0.15) is 0 Å². The summed E-state index contributed by atoms with van der Waals surface area (Å²) in [4.78, 5) is 12.5. The van der Waals surface area contributed by atoms with Gasteiger partial charge in [-0.15, -0.1) is 0 Å². The minimum absolute atomic E-state index is 0.0379. The van der Waals surface area contributed by atoms with E-state index in [0.717, 1.165) is 45.1 Å². The zero-order valence-electron chi connectivity index (χ0n) is 32.7. The van der Waals surface area contributed by atoms with E-state index in [-0.39, 0.29) is 19.2 Å². The molecule has 1 aromatic rings. The van der Waals surface area contributed by atoms with E-state index in [9.17, 15) is 15.0 Å². The van der Waals surface area contributed by atoms with Crippen molar-refractivity contribution in [2.75, 3.05) is 26.4 Å². The van der Waals surface area contributed by atoms with Crippen LogP contribution in [0.3, 0.4) is 0 Å². The Morgan fingerprint density at radius 2 is 1.06 bits per heavy atom. The summed E-state index contributed by atoms with van der Waals surface area (Å²) in [5, 5.41) is 23.8. The van der Waals surface area contributed by atoms with Crippen LogP contribution in [0.15, 0.2) is 24.3 Å². The van der Waals surface area contributed by atoms with Crippen LogP contribution in [0.25, 0.3) is 0 Å². The van der Waals surface area contributed by atoms with Gasteiger partial charge in [-0.3, -0.25) is 4.79 Å². The third kappa shape index (κ3) is 25.2. The Morgan fingerprint density at radius 3 is 1.59 bits per heavy atom. The molecule has 0 amide bonds. The molecule has 0 aliphatic carbocycles. The fourth-order valence-corrected chi connectivity index (χ4v) is 6.90. The molecule has 0 aliphatic rings. The van der Waals surface area contributed by atoms with Crippen molar-refractivity contribution in [3.05, 3.63) is 35.4 Å². The maximum atomic E-state index is 12.5. The first-order valence-corrected chi connectivity index (χ1v) is 21.2. The number of carbonyl (C=O) groups is 1. The standard InChI is InChI=1S/C44H81NO4/c1-4-7-10-13-16-21-26-40-30-32-41(33-31-40)34-35-44(38-46,39-47)45-36-25-20-19-24-29-43(48)49-37-42(27-22-17-14-11-8-5-2)28-23-18-15-12-9-6-3/h30-33,42,45-47H,4-29,34-39H2,1-3H3. The summed E-state index contributed by atoms with van der Waals surface area (Å²) in [7, 11) is 0. The van der Waals surface area contributed by atoms with E-state index in [1.54, 1.807) is 0 Å². The Labute approximate surface area is 304 Å². The number of unbranched alkanes of at least 4 members (excludes halogenated alkanes) is 18. The lowest BCUT2D eigenvalue weighted by Gasteiger charge is -2.31. The molecule has 1 rings (SSSR count). The molecule has 0 atom stereocenters. The highest BCUT2D eigenvalue weighted by Crippen LogP contribution is 2.21. The topological polar surface area (TPSA) is 78.8 Å². The second kappa shape index (κ2) is 32.5. The zero-order valence-corrected chi connectivity index (χ0v) is 32.7. The highest BCUT2D eigenvalue weighted by atomic mass is 16.5. The van der Waals surface area contributed by atoms with Gasteiger partial charge in [-0.05, 0) is 75.0 Å². The Morgan fingerprint density at radius 1 is 0.612 bits per heavy atom. The molecule has 0 saturated carbocycles. The number of aliphatic hydroxyl groups excluding tert-OH is 2. The molecule has 5 nitrogen and oxygen atoms in total. The van der Waals surface area contributed by atoms with Crippen LogP contribution in [0, 0.1) is 5.92 Å². The first-order chi connectivity index (χ1) is 24.0. The number of hydrogen-bond donors (Lipinski definition) is 3. The molecular formula is C44H81NO4. The van der Waals surface area contributed by atoms with E-state index < -0.39 is 5.54 Å². The predicted molar refractivity (Wildman–Crippen MR) is 210 cm³/mol. The number of benzene rings is 1. The first kappa shape index (κ1) is 45.6. The molecule has 0 spiro atoms. The number of aryl methyl sites for hydroxylation is 2. The number of hydrogen-bond acceptors (Lipinski definition) is 5. The summed E-state index contributed by atoms with van der Waals surface area (Å²) in [6.45, 7) is 7.98. The van der Waals surface area contributed by atoms with Gasteiger partial charge in [0.05, 0.1) is 25.4 Å². The van der Waals surface area contributed by atoms with Crippen molar-refractivity contribution in [3.63, 3.8) is 0 Å². The fraction of sp³-hybridized carbons (Fsp3) is 0.841. The molecule has 5 heteroatoms. The zero-order chi connectivity index (χ0) is 35.7. The number of rotatable bonds is 36. The molecule has 0 bridgehead atoms. The molecule has 0 aliphatic heterocycles. The molecule has 0 saturated heterocycles. The van der Waals surface area contributed by atoms with Crippen molar-refractivity contribution in [2.24, 2.45) is 5.92 Å². The normalized spacial score (nSPS) is 11.9. The number of ether oxygens (including phenoxy) is 1. The van der Waals surface area contributed by atoms with Crippen LogP contribution in [0.4, 0.5) is 0 Å². The van der Waals surface area contributed by atoms with E-state index in [1.165, 1.54) is 140 Å². The molecule has 49 heavy (non-hydrogen) atoms. The molecule has 0 radical (unpaired) electrons. The molecular weight excluding hydrogens is 606 g/mol. The Bertz CT molecular complexity index is 837. The Kier molecular flexibility index (Phi) is 30.2. The Balaban J connectivity index is 2.27. The Hall–Kier alpha value is -1.43. The third-order valence-electron chi connectivity index (χ3n) is 10.6. The smallest absolute Gasteiger partial charge is 0.305 e. The highest BCUT2D eigenvalue weighted by molar-refractivity contribution is 5.69. The quantitative estimate of drug-likeness (QED) is 0.0483. The summed E-state index contributed by atoms with van der Waals surface area (Å²) in [6.07, 6.45) is 33.1. The van der Waals surface area contributed by atoms with Gasteiger partial charge in [-0.25, -0.2) is 0 Å². The van der Waals surface area contributed by atoms with Gasteiger partial charge in [0.25, 0.3) is 0 Å². The largest absolute Gasteiger partial charge is 0.465 e. The van der Waals surface area contributed by atoms with Crippen LogP contribution in [0.5, 0.6) is 0 Å². The summed E-state index contributed by atoms with van der Waals surface area (Å²) in [5.41, 5.74) is 1.99. The molecule has 0 heterocycles. The van der Waals surface area contributed by atoms with Gasteiger partial charge >= 0.3 is 5.97 Å². The molecule has 0 aromatic heterocycles. The third-order valence-corrected chi connectivity index (χ3v) is 10.6. The van der Waals surface area contributed by atoms with Crippen molar-refractivity contribution >= 4 is 5.97 Å². The van der Waals surface area contributed by atoms with Crippen LogP contribution in [-0.4, -0.2) is 48.1 Å². The van der Waals surface area contributed by atoms with Crippen molar-refractivity contribution in [2.45, 2.75) is 206 Å². The van der Waals surface area contributed by atoms with Crippen molar-refractivity contribution in [3.8, 4) is 0 Å². The lowest BCUT2D eigenvalue weighted by Crippen LogP contribution is -2.52. The second-order valence-corrected chi connectivity index (χ2v) is 15.2. The van der Waals surface area contributed by atoms with Crippen LogP contribution in [-0.2, 0) is 22.4 Å². The van der Waals surface area contributed by atoms with Crippen LogP contribution in [0.1, 0.15) is 199 Å². The van der Waals surface area contributed by atoms with Crippen LogP contribution < -0.4 is 5.32 Å². The SMILES string of the molecule is CCCCCCCCc1ccc(CCC(CO)(CO)NCCCCCCC(=O)OCC(CCCCCCCC)CCCCCCCC)cc1. The van der Waals surface area contributed by atoms with Gasteiger partial charge in [-0.2, -0.15) is 0 Å². The average Bonchev–Trinajstić information content (AvgIpc) is 3.12. The lowest BCUT2D eigenvalue weighted by atomic mass is 9.92. The number of esters is 1. The minimum atomic E-state index is -0.664. The van der Waals surface area contributed by atoms with Crippen LogP contribution in [0.2, 0.25) is 0 Å². The summed E-state index contributed by atoms with van der Waals surface area (Å²) in [5.74, 6) is 0.476. The van der Waals surface area contributed by atoms with E-state index >= 15 is 0 Å². The van der Waals surface area contributed by atoms with Gasteiger partial charge < -0.3 is 20.3 Å². The second-order valence-electron chi connectivity index (χ2n) is 15.2. The van der Waals surface area contributed by atoms with Gasteiger partial charge in [0.15, 0.2) is 0 Å². The fourth-order valence-electron chi connectivity index (χ4n) is 6.90. The highest BCUT2D eigenvalue weighted by Gasteiger charge is 2.27. The predicted octanol–water partition coefficient (Wildman–Crippen LogP) is 11.4. The van der Waals surface area contributed by atoms with E-state index in [1.807, 2.05) is 0 Å². The molecule has 3 N–H and O–H groups in total.